The van der Waals surface area contributed by atoms with Crippen molar-refractivity contribution in [2.75, 3.05) is 0 Å². The van der Waals surface area contributed by atoms with Gasteiger partial charge in [0.2, 0.25) is 0 Å². The molecule has 4 nitrogen and oxygen atoms in total. The van der Waals surface area contributed by atoms with E-state index in [4.69, 9.17) is 5.73 Å². The van der Waals surface area contributed by atoms with E-state index < -0.39 is 0 Å². The van der Waals surface area contributed by atoms with Crippen LogP contribution in [0.5, 0.6) is 0 Å². The van der Waals surface area contributed by atoms with Gasteiger partial charge in [-0.1, -0.05) is 29.2 Å². The van der Waals surface area contributed by atoms with Gasteiger partial charge in [0.1, 0.15) is 5.51 Å². The lowest BCUT2D eigenvalue weighted by atomic mass is 10.2. The van der Waals surface area contributed by atoms with Gasteiger partial charge in [-0.3, -0.25) is 4.98 Å². The molecular formula is C10H12N4S2. The zero-order valence-electron chi connectivity index (χ0n) is 8.78. The Hall–Kier alpha value is -0.980. The largest absolute Gasteiger partial charge is 0.327 e. The van der Waals surface area contributed by atoms with Gasteiger partial charge in [-0.25, -0.2) is 0 Å². The van der Waals surface area contributed by atoms with E-state index in [9.17, 15) is 0 Å². The van der Waals surface area contributed by atoms with Gasteiger partial charge in [-0.2, -0.15) is 0 Å². The van der Waals surface area contributed by atoms with Gasteiger partial charge in [0.15, 0.2) is 4.34 Å². The van der Waals surface area contributed by atoms with Gasteiger partial charge in [-0.05, 0) is 19.1 Å². The molecule has 0 saturated heterocycles. The molecule has 84 valence electrons. The minimum absolute atomic E-state index is 0.0174. The second kappa shape index (κ2) is 5.38. The molecule has 2 N–H and O–H groups in total. The van der Waals surface area contributed by atoms with Gasteiger partial charge in [-0.15, -0.1) is 10.2 Å². The smallest absolute Gasteiger partial charge is 0.174 e. The van der Waals surface area contributed by atoms with Crippen molar-refractivity contribution in [1.29, 1.82) is 0 Å². The Bertz CT molecular complexity index is 416. The Morgan fingerprint density at radius 3 is 2.88 bits per heavy atom. The maximum absolute atomic E-state index is 5.98. The van der Waals surface area contributed by atoms with E-state index in [1.54, 1.807) is 23.5 Å². The molecule has 2 unspecified atom stereocenters. The van der Waals surface area contributed by atoms with Crippen molar-refractivity contribution in [3.8, 4) is 0 Å². The predicted molar refractivity (Wildman–Crippen MR) is 66.4 cm³/mol. The van der Waals surface area contributed by atoms with Crippen LogP contribution in [0.2, 0.25) is 0 Å². The normalized spacial score (nSPS) is 14.6. The highest BCUT2D eigenvalue weighted by Gasteiger charge is 2.20. The number of aromatic nitrogens is 3. The molecule has 0 aliphatic carbocycles. The monoisotopic (exact) mass is 252 g/mol. The van der Waals surface area contributed by atoms with Crippen LogP contribution < -0.4 is 5.73 Å². The lowest BCUT2D eigenvalue weighted by molar-refractivity contribution is 0.704. The molecule has 0 amide bonds. The van der Waals surface area contributed by atoms with Crippen molar-refractivity contribution in [3.05, 3.63) is 35.6 Å². The third-order valence-corrected chi connectivity index (χ3v) is 4.29. The Kier molecular flexibility index (Phi) is 3.87. The molecule has 0 aliphatic heterocycles. The molecule has 0 spiro atoms. The fourth-order valence-electron chi connectivity index (χ4n) is 1.30. The van der Waals surface area contributed by atoms with Crippen molar-refractivity contribution in [2.45, 2.75) is 22.6 Å². The van der Waals surface area contributed by atoms with Gasteiger partial charge >= 0.3 is 0 Å². The van der Waals surface area contributed by atoms with E-state index in [1.807, 2.05) is 25.1 Å². The van der Waals surface area contributed by atoms with Crippen molar-refractivity contribution in [2.24, 2.45) is 5.73 Å². The minimum Gasteiger partial charge on any atom is -0.327 e. The molecule has 2 aromatic rings. The van der Waals surface area contributed by atoms with Crippen LogP contribution in [0.15, 0.2) is 34.2 Å². The molecule has 2 rings (SSSR count). The molecule has 16 heavy (non-hydrogen) atoms. The fourth-order valence-corrected chi connectivity index (χ4v) is 3.03. The number of hydrogen-bond acceptors (Lipinski definition) is 6. The van der Waals surface area contributed by atoms with Gasteiger partial charge < -0.3 is 5.73 Å². The molecule has 6 heteroatoms. The topological polar surface area (TPSA) is 64.7 Å². The van der Waals surface area contributed by atoms with Crippen molar-refractivity contribution in [3.63, 3.8) is 0 Å². The third-order valence-electron chi connectivity index (χ3n) is 2.02. The van der Waals surface area contributed by atoms with Crippen LogP contribution in [0.4, 0.5) is 0 Å². The van der Waals surface area contributed by atoms with Crippen LogP contribution in [0.1, 0.15) is 17.9 Å². The number of nitrogens with two attached hydrogens (primary N) is 1. The summed E-state index contributed by atoms with van der Waals surface area (Å²) < 4.78 is 0.924. The molecule has 0 aliphatic rings. The Balaban J connectivity index is 2.18. The Morgan fingerprint density at radius 1 is 1.44 bits per heavy atom. The molecule has 0 aromatic carbocycles. The number of rotatable bonds is 4. The Morgan fingerprint density at radius 2 is 2.31 bits per heavy atom. The SMILES string of the molecule is CC(N)C(Sc1nncs1)c1ccccn1. The van der Waals surface area contributed by atoms with Crippen LogP contribution in [-0.2, 0) is 0 Å². The summed E-state index contributed by atoms with van der Waals surface area (Å²) in [7, 11) is 0. The number of pyridine rings is 1. The number of nitrogens with zero attached hydrogens (tertiary/aromatic N) is 3. The second-order valence-electron chi connectivity index (χ2n) is 3.36. The summed E-state index contributed by atoms with van der Waals surface area (Å²) in [5, 5.41) is 7.95. The first kappa shape index (κ1) is 11.5. The van der Waals surface area contributed by atoms with Crippen LogP contribution in [0.3, 0.4) is 0 Å². The highest BCUT2D eigenvalue weighted by atomic mass is 32.2. The fraction of sp³-hybridized carbons (Fsp3) is 0.300. The van der Waals surface area contributed by atoms with Crippen LogP contribution in [0, 0.1) is 0 Å². The average Bonchev–Trinajstić information content (AvgIpc) is 2.79. The van der Waals surface area contributed by atoms with E-state index in [-0.39, 0.29) is 11.3 Å². The molecular weight excluding hydrogens is 240 g/mol. The standard InChI is InChI=1S/C10H12N4S2/c1-7(11)9(8-4-2-3-5-12-8)16-10-14-13-6-15-10/h2-7,9H,11H2,1H3. The van der Waals surface area contributed by atoms with Gasteiger partial charge in [0.25, 0.3) is 0 Å². The van der Waals surface area contributed by atoms with Gasteiger partial charge in [0, 0.05) is 12.2 Å². The maximum atomic E-state index is 5.98. The summed E-state index contributed by atoms with van der Waals surface area (Å²) >= 11 is 3.13. The van der Waals surface area contributed by atoms with Crippen molar-refractivity contribution >= 4 is 23.1 Å². The molecule has 0 bridgehead atoms. The highest BCUT2D eigenvalue weighted by molar-refractivity contribution is 8.01. The minimum atomic E-state index is 0.0174. The summed E-state index contributed by atoms with van der Waals surface area (Å²) in [5.74, 6) is 0. The summed E-state index contributed by atoms with van der Waals surface area (Å²) in [5.41, 5.74) is 8.69. The van der Waals surface area contributed by atoms with Crippen LogP contribution >= 0.6 is 23.1 Å². The molecule has 2 heterocycles. The zero-order chi connectivity index (χ0) is 11.4. The zero-order valence-corrected chi connectivity index (χ0v) is 10.4. The Labute approximate surface area is 102 Å². The highest BCUT2D eigenvalue weighted by Crippen LogP contribution is 2.36. The predicted octanol–water partition coefficient (Wildman–Crippen LogP) is 2.11. The summed E-state index contributed by atoms with van der Waals surface area (Å²) in [6.07, 6.45) is 1.78. The van der Waals surface area contributed by atoms with E-state index in [0.29, 0.717) is 0 Å². The van der Waals surface area contributed by atoms with Crippen molar-refractivity contribution in [1.82, 2.24) is 15.2 Å². The lowest BCUT2D eigenvalue weighted by Gasteiger charge is -2.17. The maximum Gasteiger partial charge on any atom is 0.174 e. The second-order valence-corrected chi connectivity index (χ2v) is 5.58. The third kappa shape index (κ3) is 2.78. The van der Waals surface area contributed by atoms with E-state index >= 15 is 0 Å². The number of thioether (sulfide) groups is 1. The van der Waals surface area contributed by atoms with E-state index in [0.717, 1.165) is 10.0 Å². The summed E-state index contributed by atoms with van der Waals surface area (Å²) in [4.78, 5) is 4.34. The molecule has 0 saturated carbocycles. The molecule has 0 radical (unpaired) electrons. The first-order valence-electron chi connectivity index (χ1n) is 4.86. The van der Waals surface area contributed by atoms with Crippen LogP contribution in [-0.4, -0.2) is 21.2 Å². The first-order valence-corrected chi connectivity index (χ1v) is 6.62. The lowest BCUT2D eigenvalue weighted by Crippen LogP contribution is -2.23. The van der Waals surface area contributed by atoms with E-state index in [2.05, 4.69) is 15.2 Å². The first-order chi connectivity index (χ1) is 7.77. The van der Waals surface area contributed by atoms with Gasteiger partial charge in [0.05, 0.1) is 10.9 Å². The van der Waals surface area contributed by atoms with Crippen LogP contribution in [0.25, 0.3) is 0 Å². The average molecular weight is 252 g/mol. The molecule has 2 aromatic heterocycles. The van der Waals surface area contributed by atoms with E-state index in [1.165, 1.54) is 11.3 Å². The quantitative estimate of drug-likeness (QED) is 0.844. The molecule has 2 atom stereocenters. The summed E-state index contributed by atoms with van der Waals surface area (Å²) in [6, 6.07) is 5.88. The summed E-state index contributed by atoms with van der Waals surface area (Å²) in [6.45, 7) is 1.98. The molecule has 0 fully saturated rings. The van der Waals surface area contributed by atoms with Crippen molar-refractivity contribution < 1.29 is 0 Å². The number of hydrogen-bond donors (Lipinski definition) is 1.